The fourth-order valence-corrected chi connectivity index (χ4v) is 2.71. The van der Waals surface area contributed by atoms with Gasteiger partial charge < -0.3 is 10.1 Å². The zero-order chi connectivity index (χ0) is 13.8. The van der Waals surface area contributed by atoms with Gasteiger partial charge in [-0.2, -0.15) is 8.78 Å². The smallest absolute Gasteiger partial charge is 0.387 e. The van der Waals surface area contributed by atoms with Crippen molar-refractivity contribution in [3.05, 3.63) is 45.6 Å². The molecule has 19 heavy (non-hydrogen) atoms. The molecule has 0 saturated carbocycles. The van der Waals surface area contributed by atoms with Crippen molar-refractivity contribution in [3.8, 4) is 5.75 Å². The summed E-state index contributed by atoms with van der Waals surface area (Å²) in [5, 5.41) is 3.21. The van der Waals surface area contributed by atoms with Crippen LogP contribution in [0.25, 0.3) is 0 Å². The van der Waals surface area contributed by atoms with Crippen LogP contribution in [-0.2, 0) is 0 Å². The molecule has 0 amide bonds. The van der Waals surface area contributed by atoms with E-state index in [9.17, 15) is 8.78 Å². The Kier molecular flexibility index (Phi) is 4.61. The van der Waals surface area contributed by atoms with Crippen LogP contribution < -0.4 is 10.1 Å². The molecule has 1 N–H and O–H groups in total. The molecule has 0 radical (unpaired) electrons. The zero-order valence-corrected chi connectivity index (χ0v) is 11.6. The van der Waals surface area contributed by atoms with Gasteiger partial charge in [-0.25, -0.2) is 0 Å². The number of hydrogen-bond donors (Lipinski definition) is 1. The van der Waals surface area contributed by atoms with E-state index in [1.807, 2.05) is 19.1 Å². The van der Waals surface area contributed by atoms with Gasteiger partial charge in [0.25, 0.3) is 0 Å². The van der Waals surface area contributed by atoms with Crippen molar-refractivity contribution >= 4 is 28.6 Å². The molecule has 0 aliphatic carbocycles. The lowest BCUT2D eigenvalue weighted by Gasteiger charge is -2.14. The fourth-order valence-electron chi connectivity index (χ4n) is 1.64. The summed E-state index contributed by atoms with van der Waals surface area (Å²) in [6, 6.07) is 10.3. The number of anilines is 1. The Hall–Kier alpha value is -1.33. The van der Waals surface area contributed by atoms with Crippen molar-refractivity contribution in [1.29, 1.82) is 0 Å². The molecule has 1 aromatic carbocycles. The lowest BCUT2D eigenvalue weighted by atomic mass is 10.2. The highest BCUT2D eigenvalue weighted by molar-refractivity contribution is 7.16. The first kappa shape index (κ1) is 14.1. The lowest BCUT2D eigenvalue weighted by molar-refractivity contribution is -0.0498. The van der Waals surface area contributed by atoms with E-state index in [4.69, 9.17) is 11.6 Å². The van der Waals surface area contributed by atoms with E-state index in [-0.39, 0.29) is 11.8 Å². The van der Waals surface area contributed by atoms with Gasteiger partial charge in [0, 0.05) is 16.6 Å². The van der Waals surface area contributed by atoms with Crippen molar-refractivity contribution < 1.29 is 13.5 Å². The van der Waals surface area contributed by atoms with Gasteiger partial charge in [0.05, 0.1) is 10.4 Å². The zero-order valence-electron chi connectivity index (χ0n) is 10.1. The Morgan fingerprint density at radius 2 is 2.05 bits per heavy atom. The summed E-state index contributed by atoms with van der Waals surface area (Å²) in [5.74, 6) is 0.136. The number of benzene rings is 1. The number of nitrogens with one attached hydrogen (secondary N) is 1. The maximum absolute atomic E-state index is 12.1. The topological polar surface area (TPSA) is 21.3 Å². The summed E-state index contributed by atoms with van der Waals surface area (Å²) in [7, 11) is 0. The number of thiophene rings is 1. The van der Waals surface area contributed by atoms with Crippen LogP contribution in [0.2, 0.25) is 4.34 Å². The normalized spacial score (nSPS) is 12.5. The van der Waals surface area contributed by atoms with Gasteiger partial charge in [-0.15, -0.1) is 11.3 Å². The summed E-state index contributed by atoms with van der Waals surface area (Å²) in [5.41, 5.74) is 0.718. The Morgan fingerprint density at radius 1 is 1.26 bits per heavy atom. The van der Waals surface area contributed by atoms with E-state index in [0.29, 0.717) is 0 Å². The number of ether oxygens (including phenoxy) is 1. The molecular formula is C13H12ClF2NOS. The lowest BCUT2D eigenvalue weighted by Crippen LogP contribution is -2.06. The van der Waals surface area contributed by atoms with Crippen LogP contribution in [-0.4, -0.2) is 6.61 Å². The van der Waals surface area contributed by atoms with Gasteiger partial charge in [-0.3, -0.25) is 0 Å². The van der Waals surface area contributed by atoms with Crippen LogP contribution in [0.5, 0.6) is 5.75 Å². The van der Waals surface area contributed by atoms with E-state index in [1.165, 1.54) is 23.5 Å². The highest BCUT2D eigenvalue weighted by Gasteiger charge is 2.09. The summed E-state index contributed by atoms with van der Waals surface area (Å²) in [6.07, 6.45) is 0. The minimum absolute atomic E-state index is 0.0410. The van der Waals surface area contributed by atoms with Gasteiger partial charge >= 0.3 is 6.61 Å². The first-order chi connectivity index (χ1) is 9.04. The molecule has 0 bridgehead atoms. The van der Waals surface area contributed by atoms with E-state index in [0.717, 1.165) is 14.9 Å². The van der Waals surface area contributed by atoms with Crippen molar-refractivity contribution in [1.82, 2.24) is 0 Å². The Balaban J connectivity index is 2.06. The SMILES string of the molecule is CC(Nc1cccc(OC(F)F)c1)c1ccc(Cl)s1. The molecule has 102 valence electrons. The highest BCUT2D eigenvalue weighted by Crippen LogP contribution is 2.29. The monoisotopic (exact) mass is 303 g/mol. The summed E-state index contributed by atoms with van der Waals surface area (Å²) in [6.45, 7) is -0.841. The Bertz CT molecular complexity index is 547. The Morgan fingerprint density at radius 3 is 2.68 bits per heavy atom. The van der Waals surface area contributed by atoms with Gasteiger partial charge in [-0.05, 0) is 31.2 Å². The van der Waals surface area contributed by atoms with E-state index >= 15 is 0 Å². The maximum Gasteiger partial charge on any atom is 0.387 e. The fraction of sp³-hybridized carbons (Fsp3) is 0.231. The van der Waals surface area contributed by atoms with E-state index < -0.39 is 6.61 Å². The first-order valence-electron chi connectivity index (χ1n) is 5.61. The molecule has 1 heterocycles. The predicted octanol–water partition coefficient (Wildman–Crippen LogP) is 5.18. The largest absolute Gasteiger partial charge is 0.435 e. The second kappa shape index (κ2) is 6.21. The van der Waals surface area contributed by atoms with Gasteiger partial charge in [-0.1, -0.05) is 17.7 Å². The third-order valence-corrected chi connectivity index (χ3v) is 3.88. The quantitative estimate of drug-likeness (QED) is 0.822. The van der Waals surface area contributed by atoms with Crippen LogP contribution in [0.15, 0.2) is 36.4 Å². The molecule has 0 aliphatic rings. The van der Waals surface area contributed by atoms with Crippen LogP contribution in [0.3, 0.4) is 0 Å². The van der Waals surface area contributed by atoms with E-state index in [2.05, 4.69) is 10.1 Å². The minimum atomic E-state index is -2.82. The molecule has 0 aliphatic heterocycles. The first-order valence-corrected chi connectivity index (χ1v) is 6.80. The molecule has 1 aromatic heterocycles. The maximum atomic E-state index is 12.1. The molecule has 6 heteroatoms. The summed E-state index contributed by atoms with van der Waals surface area (Å²) >= 11 is 7.36. The van der Waals surface area contributed by atoms with Crippen LogP contribution in [0.4, 0.5) is 14.5 Å². The van der Waals surface area contributed by atoms with Crippen molar-refractivity contribution in [2.24, 2.45) is 0 Å². The molecular weight excluding hydrogens is 292 g/mol. The molecule has 0 spiro atoms. The van der Waals surface area contributed by atoms with Crippen molar-refractivity contribution in [3.63, 3.8) is 0 Å². The van der Waals surface area contributed by atoms with Gasteiger partial charge in [0.2, 0.25) is 0 Å². The van der Waals surface area contributed by atoms with Crippen molar-refractivity contribution in [2.75, 3.05) is 5.32 Å². The minimum Gasteiger partial charge on any atom is -0.435 e. The molecule has 0 saturated heterocycles. The van der Waals surface area contributed by atoms with Crippen LogP contribution in [0, 0.1) is 0 Å². The summed E-state index contributed by atoms with van der Waals surface area (Å²) in [4.78, 5) is 1.07. The molecule has 0 fully saturated rings. The third kappa shape index (κ3) is 4.08. The number of hydrogen-bond acceptors (Lipinski definition) is 3. The average Bonchev–Trinajstić information content (AvgIpc) is 2.75. The molecule has 2 aromatic rings. The van der Waals surface area contributed by atoms with Crippen LogP contribution in [0.1, 0.15) is 17.8 Å². The standard InChI is InChI=1S/C13H12ClF2NOS/c1-8(11-5-6-12(14)19-11)17-9-3-2-4-10(7-9)18-13(15)16/h2-8,13,17H,1H3. The van der Waals surface area contributed by atoms with E-state index in [1.54, 1.807) is 12.1 Å². The number of rotatable bonds is 5. The Labute approximate surface area is 119 Å². The molecule has 2 nitrogen and oxygen atoms in total. The summed E-state index contributed by atoms with van der Waals surface area (Å²) < 4.78 is 29.3. The second-order valence-corrected chi connectivity index (χ2v) is 5.66. The molecule has 1 unspecified atom stereocenters. The average molecular weight is 304 g/mol. The highest BCUT2D eigenvalue weighted by atomic mass is 35.5. The van der Waals surface area contributed by atoms with Gasteiger partial charge in [0.1, 0.15) is 5.75 Å². The van der Waals surface area contributed by atoms with Crippen LogP contribution >= 0.6 is 22.9 Å². The molecule has 1 atom stereocenters. The number of halogens is 3. The third-order valence-electron chi connectivity index (χ3n) is 2.46. The molecule has 2 rings (SSSR count). The number of alkyl halides is 2. The van der Waals surface area contributed by atoms with Crippen molar-refractivity contribution in [2.45, 2.75) is 19.6 Å². The second-order valence-electron chi connectivity index (χ2n) is 3.91. The predicted molar refractivity (Wildman–Crippen MR) is 74.4 cm³/mol. The van der Waals surface area contributed by atoms with Gasteiger partial charge in [0.15, 0.2) is 0 Å².